The molecule has 6 rings (SSSR count). The maximum absolute atomic E-state index is 14.7. The fourth-order valence-electron chi connectivity index (χ4n) is 4.77. The molecule has 0 saturated heterocycles. The van der Waals surface area contributed by atoms with Crippen molar-refractivity contribution in [2.75, 3.05) is 37.9 Å². The lowest BCUT2D eigenvalue weighted by Crippen LogP contribution is -2.17. The van der Waals surface area contributed by atoms with Gasteiger partial charge in [-0.05, 0) is 82.2 Å². The Bertz CT molecular complexity index is 1930. The SMILES string of the molecule is Cc1cc(CNc2nc(C(=O)O)c(CC3(COc4ccc(C#CCN(C)C)cc4F)CC3)s2)nnc1Nc1nc2ccccc2s1. The monoisotopic (exact) mass is 657 g/mol. The summed E-state index contributed by atoms with van der Waals surface area (Å²) >= 11 is 2.85. The average Bonchev–Trinajstić information content (AvgIpc) is 3.46. The van der Waals surface area contributed by atoms with Gasteiger partial charge in [0.15, 0.2) is 33.3 Å². The van der Waals surface area contributed by atoms with Gasteiger partial charge in [-0.15, -0.1) is 16.4 Å². The molecule has 1 aliphatic carbocycles. The normalized spacial score (nSPS) is 13.3. The second-order valence-corrected chi connectivity index (χ2v) is 13.7. The molecule has 0 spiro atoms. The van der Waals surface area contributed by atoms with Gasteiger partial charge in [-0.3, -0.25) is 4.90 Å². The summed E-state index contributed by atoms with van der Waals surface area (Å²) in [5.41, 5.74) is 2.84. The average molecular weight is 658 g/mol. The molecule has 5 aromatic rings. The van der Waals surface area contributed by atoms with Gasteiger partial charge in [0.05, 0.1) is 35.6 Å². The van der Waals surface area contributed by atoms with E-state index < -0.39 is 11.8 Å². The summed E-state index contributed by atoms with van der Waals surface area (Å²) in [7, 11) is 3.84. The number of thiazole rings is 2. The van der Waals surface area contributed by atoms with E-state index in [0.717, 1.165) is 33.8 Å². The molecule has 1 saturated carbocycles. The van der Waals surface area contributed by atoms with Crippen LogP contribution in [0.3, 0.4) is 0 Å². The van der Waals surface area contributed by atoms with Crippen LogP contribution < -0.4 is 15.4 Å². The molecule has 3 N–H and O–H groups in total. The highest BCUT2D eigenvalue weighted by Crippen LogP contribution is 2.50. The van der Waals surface area contributed by atoms with Gasteiger partial charge < -0.3 is 20.5 Å². The Morgan fingerprint density at radius 3 is 2.65 bits per heavy atom. The summed E-state index contributed by atoms with van der Waals surface area (Å²) < 4.78 is 21.7. The Balaban J connectivity index is 1.07. The topological polar surface area (TPSA) is 125 Å². The van der Waals surface area contributed by atoms with Gasteiger partial charge in [0.2, 0.25) is 0 Å². The minimum absolute atomic E-state index is 0.0169. The van der Waals surface area contributed by atoms with Crippen molar-refractivity contribution in [3.63, 3.8) is 0 Å². The Kier molecular flexibility index (Phi) is 9.12. The molecule has 0 amide bonds. The van der Waals surface area contributed by atoms with Crippen LogP contribution in [0.1, 0.15) is 45.0 Å². The molecule has 13 heteroatoms. The predicted octanol–water partition coefficient (Wildman–Crippen LogP) is 6.36. The van der Waals surface area contributed by atoms with E-state index in [9.17, 15) is 14.3 Å². The zero-order chi connectivity index (χ0) is 32.3. The molecule has 1 aliphatic rings. The number of aromatic carboxylic acids is 1. The number of nitrogens with one attached hydrogen (secondary N) is 2. The van der Waals surface area contributed by atoms with Crippen LogP contribution in [0, 0.1) is 30.0 Å². The Morgan fingerprint density at radius 1 is 1.11 bits per heavy atom. The minimum atomic E-state index is -1.09. The number of nitrogens with zero attached hydrogens (tertiary/aromatic N) is 5. The number of hydrogen-bond donors (Lipinski definition) is 3. The second-order valence-electron chi connectivity index (χ2n) is 11.6. The Labute approximate surface area is 273 Å². The fourth-order valence-corrected chi connectivity index (χ4v) is 6.76. The number of ether oxygens (including phenoxy) is 1. The number of aryl methyl sites for hydroxylation is 1. The van der Waals surface area contributed by atoms with E-state index in [4.69, 9.17) is 4.74 Å². The summed E-state index contributed by atoms with van der Waals surface area (Å²) in [5.74, 6) is 5.16. The molecule has 0 atom stereocenters. The summed E-state index contributed by atoms with van der Waals surface area (Å²) in [6, 6.07) is 14.5. The molecule has 46 heavy (non-hydrogen) atoms. The third-order valence-corrected chi connectivity index (χ3v) is 9.43. The van der Waals surface area contributed by atoms with Gasteiger partial charge >= 0.3 is 5.97 Å². The highest BCUT2D eigenvalue weighted by molar-refractivity contribution is 7.22. The third-order valence-electron chi connectivity index (χ3n) is 7.46. The Hall–Kier alpha value is -4.64. The van der Waals surface area contributed by atoms with Crippen molar-refractivity contribution in [1.82, 2.24) is 25.1 Å². The quantitative estimate of drug-likeness (QED) is 0.131. The molecule has 3 heterocycles. The van der Waals surface area contributed by atoms with Gasteiger partial charge in [-0.25, -0.2) is 19.2 Å². The van der Waals surface area contributed by atoms with E-state index in [0.29, 0.717) is 46.6 Å². The van der Waals surface area contributed by atoms with Crippen molar-refractivity contribution in [3.8, 4) is 17.6 Å². The predicted molar refractivity (Wildman–Crippen MR) is 179 cm³/mol. The van der Waals surface area contributed by atoms with Gasteiger partial charge in [0.25, 0.3) is 0 Å². The molecule has 2 aromatic carbocycles. The van der Waals surface area contributed by atoms with Crippen molar-refractivity contribution in [1.29, 1.82) is 0 Å². The molecule has 3 aromatic heterocycles. The number of anilines is 3. The van der Waals surface area contributed by atoms with E-state index in [1.54, 1.807) is 23.5 Å². The van der Waals surface area contributed by atoms with E-state index >= 15 is 0 Å². The van der Waals surface area contributed by atoms with E-state index in [2.05, 4.69) is 42.6 Å². The highest BCUT2D eigenvalue weighted by Gasteiger charge is 2.45. The van der Waals surface area contributed by atoms with Crippen LogP contribution in [-0.2, 0) is 13.0 Å². The number of rotatable bonds is 12. The summed E-state index contributed by atoms with van der Waals surface area (Å²) in [4.78, 5) is 23.6. The molecule has 0 radical (unpaired) electrons. The molecule has 0 aliphatic heterocycles. The van der Waals surface area contributed by atoms with Gasteiger partial charge in [-0.1, -0.05) is 35.3 Å². The fraction of sp³-hybridized carbons (Fsp3) is 0.303. The summed E-state index contributed by atoms with van der Waals surface area (Å²) in [5, 5.41) is 26.2. The lowest BCUT2D eigenvalue weighted by molar-refractivity contribution is 0.0689. The van der Waals surface area contributed by atoms with Crippen LogP contribution in [-0.4, -0.2) is 63.4 Å². The van der Waals surface area contributed by atoms with Crippen LogP contribution in [0.25, 0.3) is 10.2 Å². The Morgan fingerprint density at radius 2 is 1.93 bits per heavy atom. The molecular weight excluding hydrogens is 626 g/mol. The van der Waals surface area contributed by atoms with Crippen LogP contribution in [0.15, 0.2) is 48.5 Å². The maximum atomic E-state index is 14.7. The number of para-hydroxylation sites is 1. The first kappa shape index (κ1) is 31.3. The molecule has 236 valence electrons. The van der Waals surface area contributed by atoms with Crippen molar-refractivity contribution in [2.45, 2.75) is 32.7 Å². The van der Waals surface area contributed by atoms with Crippen LogP contribution in [0.4, 0.5) is 20.5 Å². The summed E-state index contributed by atoms with van der Waals surface area (Å²) in [6.45, 7) is 3.13. The van der Waals surface area contributed by atoms with Crippen molar-refractivity contribution in [3.05, 3.63) is 81.7 Å². The molecule has 0 unspecified atom stereocenters. The van der Waals surface area contributed by atoms with E-state index in [1.165, 1.54) is 17.4 Å². The first-order valence-corrected chi connectivity index (χ1v) is 16.3. The zero-order valence-corrected chi connectivity index (χ0v) is 27.2. The third kappa shape index (κ3) is 7.59. The number of carboxylic acid groups (broad SMARTS) is 1. The number of carbonyl (C=O) groups is 1. The molecule has 1 fully saturated rings. The number of fused-ring (bicyclic) bond motifs is 1. The van der Waals surface area contributed by atoms with E-state index in [-0.39, 0.29) is 23.5 Å². The van der Waals surface area contributed by atoms with Crippen molar-refractivity contribution in [2.24, 2.45) is 5.41 Å². The standard InChI is InChI=1S/C33H32FN7O3S2/c1-20-15-22(39-40-29(20)38-32-36-24-8-4-5-9-26(24)45-32)18-35-31-37-28(30(42)43)27(46-31)17-33(12-13-33)19-44-25-11-10-21(16-23(25)34)7-6-14-41(2)3/h4-5,8-11,15-16H,12-14,17-19H2,1-3H3,(H,35,37)(H,42,43)(H,36,38,40). The van der Waals surface area contributed by atoms with Crippen LogP contribution in [0.5, 0.6) is 5.75 Å². The number of aromatic nitrogens is 4. The summed E-state index contributed by atoms with van der Waals surface area (Å²) in [6.07, 6.45) is 2.19. The van der Waals surface area contributed by atoms with E-state index in [1.807, 2.05) is 56.3 Å². The molecular formula is C33H32FN7O3S2. The number of hydrogen-bond acceptors (Lipinski definition) is 11. The maximum Gasteiger partial charge on any atom is 0.355 e. The highest BCUT2D eigenvalue weighted by atomic mass is 32.1. The molecule has 10 nitrogen and oxygen atoms in total. The van der Waals surface area contributed by atoms with Gasteiger partial charge in [-0.2, -0.15) is 5.10 Å². The lowest BCUT2D eigenvalue weighted by atomic mass is 10.0. The zero-order valence-electron chi connectivity index (χ0n) is 25.6. The second kappa shape index (κ2) is 13.4. The van der Waals surface area contributed by atoms with Crippen LogP contribution in [0.2, 0.25) is 0 Å². The van der Waals surface area contributed by atoms with Crippen molar-refractivity contribution >= 4 is 54.9 Å². The van der Waals surface area contributed by atoms with Gasteiger partial charge in [0, 0.05) is 15.9 Å². The number of carboxylic acids is 1. The number of halogens is 1. The first-order chi connectivity index (χ1) is 22.2. The number of benzene rings is 2. The lowest BCUT2D eigenvalue weighted by Gasteiger charge is -2.16. The van der Waals surface area contributed by atoms with Crippen LogP contribution >= 0.6 is 22.7 Å². The smallest absolute Gasteiger partial charge is 0.355 e. The molecule has 0 bridgehead atoms. The van der Waals surface area contributed by atoms with Gasteiger partial charge in [0.1, 0.15) is 0 Å². The van der Waals surface area contributed by atoms with Crippen molar-refractivity contribution < 1.29 is 19.0 Å². The largest absolute Gasteiger partial charge is 0.490 e. The minimum Gasteiger partial charge on any atom is -0.490 e. The first-order valence-electron chi connectivity index (χ1n) is 14.6.